The highest BCUT2D eigenvalue weighted by Crippen LogP contribution is 2.23. The molecular weight excluding hydrogens is 232 g/mol. The van der Waals surface area contributed by atoms with Crippen LogP contribution in [0.3, 0.4) is 0 Å². The highest BCUT2D eigenvalue weighted by Gasteiger charge is 2.09. The SMILES string of the molecule is N#Cc1ccc(Br)c(C(O)CN)c1. The standard InChI is InChI=1S/C9H9BrN2O/c10-8-2-1-6(4-11)3-7(8)9(13)5-12/h1-3,9,13H,5,12H2. The van der Waals surface area contributed by atoms with Crippen molar-refractivity contribution in [1.82, 2.24) is 0 Å². The third-order valence-corrected chi connectivity index (χ3v) is 2.43. The first-order chi connectivity index (χ1) is 6.19. The molecule has 0 bridgehead atoms. The molecule has 0 saturated heterocycles. The van der Waals surface area contributed by atoms with Crippen LogP contribution in [0.2, 0.25) is 0 Å². The first-order valence-corrected chi connectivity index (χ1v) is 4.56. The zero-order chi connectivity index (χ0) is 9.84. The zero-order valence-electron chi connectivity index (χ0n) is 6.87. The Bertz CT molecular complexity index is 346. The molecule has 0 spiro atoms. The molecule has 0 saturated carbocycles. The Morgan fingerprint density at radius 3 is 2.85 bits per heavy atom. The van der Waals surface area contributed by atoms with Gasteiger partial charge < -0.3 is 10.8 Å². The number of benzene rings is 1. The quantitative estimate of drug-likeness (QED) is 0.820. The summed E-state index contributed by atoms with van der Waals surface area (Å²) in [6.07, 6.45) is -0.720. The molecule has 0 amide bonds. The Kier molecular flexibility index (Phi) is 3.43. The van der Waals surface area contributed by atoms with Gasteiger partial charge in [-0.05, 0) is 23.8 Å². The average Bonchev–Trinajstić information content (AvgIpc) is 2.17. The van der Waals surface area contributed by atoms with Crippen LogP contribution < -0.4 is 5.73 Å². The summed E-state index contributed by atoms with van der Waals surface area (Å²) in [6, 6.07) is 7.03. The van der Waals surface area contributed by atoms with Crippen molar-refractivity contribution in [2.24, 2.45) is 5.73 Å². The Morgan fingerprint density at radius 1 is 1.62 bits per heavy atom. The van der Waals surface area contributed by atoms with Gasteiger partial charge in [-0.3, -0.25) is 0 Å². The molecule has 1 aromatic rings. The number of nitriles is 1. The van der Waals surface area contributed by atoms with Crippen molar-refractivity contribution in [2.45, 2.75) is 6.10 Å². The second-order valence-electron chi connectivity index (χ2n) is 2.60. The maximum absolute atomic E-state index is 9.47. The van der Waals surface area contributed by atoms with E-state index in [0.717, 1.165) is 4.47 Å². The molecular formula is C9H9BrN2O. The van der Waals surface area contributed by atoms with Gasteiger partial charge in [-0.1, -0.05) is 15.9 Å². The first kappa shape index (κ1) is 10.2. The van der Waals surface area contributed by atoms with Gasteiger partial charge in [-0.2, -0.15) is 5.26 Å². The number of hydrogen-bond donors (Lipinski definition) is 2. The number of nitrogens with two attached hydrogens (primary N) is 1. The maximum atomic E-state index is 9.47. The Hall–Kier alpha value is -0.890. The first-order valence-electron chi connectivity index (χ1n) is 3.76. The third kappa shape index (κ3) is 2.28. The topological polar surface area (TPSA) is 70.0 Å². The van der Waals surface area contributed by atoms with Gasteiger partial charge in [0.2, 0.25) is 0 Å². The summed E-state index contributed by atoms with van der Waals surface area (Å²) in [4.78, 5) is 0. The second kappa shape index (κ2) is 4.38. The number of hydrogen-bond acceptors (Lipinski definition) is 3. The van der Waals surface area contributed by atoms with E-state index < -0.39 is 6.10 Å². The van der Waals surface area contributed by atoms with E-state index in [1.807, 2.05) is 6.07 Å². The molecule has 1 rings (SSSR count). The third-order valence-electron chi connectivity index (χ3n) is 1.71. The number of nitrogens with zero attached hydrogens (tertiary/aromatic N) is 1. The molecule has 1 atom stereocenters. The van der Waals surface area contributed by atoms with Gasteiger partial charge in [0.05, 0.1) is 17.7 Å². The molecule has 0 aliphatic heterocycles. The summed E-state index contributed by atoms with van der Waals surface area (Å²) in [5.41, 5.74) is 6.48. The molecule has 3 N–H and O–H groups in total. The number of halogens is 1. The monoisotopic (exact) mass is 240 g/mol. The van der Waals surface area contributed by atoms with Crippen molar-refractivity contribution >= 4 is 15.9 Å². The molecule has 68 valence electrons. The lowest BCUT2D eigenvalue weighted by Crippen LogP contribution is -2.12. The van der Waals surface area contributed by atoms with Crippen molar-refractivity contribution in [3.05, 3.63) is 33.8 Å². The lowest BCUT2D eigenvalue weighted by Gasteiger charge is -2.10. The van der Waals surface area contributed by atoms with E-state index in [1.165, 1.54) is 0 Å². The molecule has 0 aliphatic carbocycles. The minimum Gasteiger partial charge on any atom is -0.387 e. The number of aliphatic hydroxyl groups excluding tert-OH is 1. The van der Waals surface area contributed by atoms with Crippen LogP contribution >= 0.6 is 15.9 Å². The van der Waals surface area contributed by atoms with Crippen molar-refractivity contribution in [3.8, 4) is 6.07 Å². The van der Waals surface area contributed by atoms with E-state index in [-0.39, 0.29) is 6.54 Å². The lowest BCUT2D eigenvalue weighted by atomic mass is 10.1. The fourth-order valence-corrected chi connectivity index (χ4v) is 1.51. The second-order valence-corrected chi connectivity index (χ2v) is 3.45. The molecule has 0 radical (unpaired) electrons. The van der Waals surface area contributed by atoms with Gasteiger partial charge in [-0.25, -0.2) is 0 Å². The van der Waals surface area contributed by atoms with Crippen molar-refractivity contribution in [3.63, 3.8) is 0 Å². The Morgan fingerprint density at radius 2 is 2.31 bits per heavy atom. The molecule has 0 aliphatic rings. The van der Waals surface area contributed by atoms with Crippen LogP contribution in [0.5, 0.6) is 0 Å². The Balaban J connectivity index is 3.12. The van der Waals surface area contributed by atoms with Crippen LogP contribution in [0.15, 0.2) is 22.7 Å². The molecule has 13 heavy (non-hydrogen) atoms. The largest absolute Gasteiger partial charge is 0.387 e. The van der Waals surface area contributed by atoms with Crippen molar-refractivity contribution < 1.29 is 5.11 Å². The van der Waals surface area contributed by atoms with Gasteiger partial charge in [0.25, 0.3) is 0 Å². The van der Waals surface area contributed by atoms with E-state index in [4.69, 9.17) is 11.0 Å². The van der Waals surface area contributed by atoms with Gasteiger partial charge in [0.1, 0.15) is 0 Å². The maximum Gasteiger partial charge on any atom is 0.0991 e. The van der Waals surface area contributed by atoms with Crippen LogP contribution in [-0.4, -0.2) is 11.7 Å². The van der Waals surface area contributed by atoms with Gasteiger partial charge in [-0.15, -0.1) is 0 Å². The molecule has 0 heterocycles. The molecule has 0 aromatic heterocycles. The summed E-state index contributed by atoms with van der Waals surface area (Å²) in [5, 5.41) is 18.1. The van der Waals surface area contributed by atoms with E-state index in [0.29, 0.717) is 11.1 Å². The fourth-order valence-electron chi connectivity index (χ4n) is 0.996. The van der Waals surface area contributed by atoms with Crippen LogP contribution in [0.1, 0.15) is 17.2 Å². The number of rotatable bonds is 2. The molecule has 0 fully saturated rings. The van der Waals surface area contributed by atoms with E-state index in [9.17, 15) is 5.11 Å². The van der Waals surface area contributed by atoms with Crippen LogP contribution in [0.4, 0.5) is 0 Å². The zero-order valence-corrected chi connectivity index (χ0v) is 8.45. The van der Waals surface area contributed by atoms with E-state index >= 15 is 0 Å². The molecule has 1 aromatic carbocycles. The summed E-state index contributed by atoms with van der Waals surface area (Å²) in [5.74, 6) is 0. The van der Waals surface area contributed by atoms with Gasteiger partial charge in [0.15, 0.2) is 0 Å². The minimum absolute atomic E-state index is 0.146. The summed E-state index contributed by atoms with van der Waals surface area (Å²) in [6.45, 7) is 0.146. The molecule has 1 unspecified atom stereocenters. The van der Waals surface area contributed by atoms with Crippen LogP contribution in [0.25, 0.3) is 0 Å². The number of aliphatic hydroxyl groups is 1. The highest BCUT2D eigenvalue weighted by atomic mass is 79.9. The average molecular weight is 241 g/mol. The van der Waals surface area contributed by atoms with Crippen molar-refractivity contribution in [2.75, 3.05) is 6.54 Å². The fraction of sp³-hybridized carbons (Fsp3) is 0.222. The summed E-state index contributed by atoms with van der Waals surface area (Å²) >= 11 is 3.28. The summed E-state index contributed by atoms with van der Waals surface area (Å²) < 4.78 is 0.768. The van der Waals surface area contributed by atoms with Crippen LogP contribution in [0, 0.1) is 11.3 Å². The van der Waals surface area contributed by atoms with E-state index in [1.54, 1.807) is 18.2 Å². The molecule has 4 heteroatoms. The predicted molar refractivity (Wildman–Crippen MR) is 52.9 cm³/mol. The van der Waals surface area contributed by atoms with Gasteiger partial charge >= 0.3 is 0 Å². The summed E-state index contributed by atoms with van der Waals surface area (Å²) in [7, 11) is 0. The normalized spacial score (nSPS) is 12.2. The minimum atomic E-state index is -0.720. The highest BCUT2D eigenvalue weighted by molar-refractivity contribution is 9.10. The predicted octanol–water partition coefficient (Wildman–Crippen LogP) is 1.31. The smallest absolute Gasteiger partial charge is 0.0991 e. The van der Waals surface area contributed by atoms with Gasteiger partial charge in [0, 0.05) is 11.0 Å². The lowest BCUT2D eigenvalue weighted by molar-refractivity contribution is 0.186. The van der Waals surface area contributed by atoms with Crippen LogP contribution in [-0.2, 0) is 0 Å². The van der Waals surface area contributed by atoms with Crippen molar-refractivity contribution in [1.29, 1.82) is 5.26 Å². The van der Waals surface area contributed by atoms with E-state index in [2.05, 4.69) is 15.9 Å². The Labute approximate surface area is 84.9 Å². The molecule has 3 nitrogen and oxygen atoms in total.